The van der Waals surface area contributed by atoms with Crippen molar-refractivity contribution in [1.82, 2.24) is 14.3 Å². The monoisotopic (exact) mass is 482 g/mol. The molecule has 0 bridgehead atoms. The van der Waals surface area contributed by atoms with Crippen molar-refractivity contribution in [2.75, 3.05) is 0 Å². The molecule has 0 aliphatic rings. The van der Waals surface area contributed by atoms with E-state index in [1.807, 2.05) is 20.8 Å². The molecule has 8 heteroatoms. The Morgan fingerprint density at radius 3 is 2.47 bits per heavy atom. The molecule has 3 aromatic carbocycles. The van der Waals surface area contributed by atoms with Crippen LogP contribution in [-0.2, 0) is 5.41 Å². The lowest BCUT2D eigenvalue weighted by atomic mass is 9.86. The first-order chi connectivity index (χ1) is 17.1. The summed E-state index contributed by atoms with van der Waals surface area (Å²) >= 11 is 0. The van der Waals surface area contributed by atoms with Crippen molar-refractivity contribution < 1.29 is 14.0 Å². The Morgan fingerprint density at radius 1 is 1.06 bits per heavy atom. The molecule has 0 saturated heterocycles. The third-order valence-electron chi connectivity index (χ3n) is 6.35. The molecule has 0 aliphatic heterocycles. The molecule has 2 heterocycles. The molecule has 0 spiro atoms. The van der Waals surface area contributed by atoms with Crippen LogP contribution in [0.1, 0.15) is 47.1 Å². The number of carbonyl (C=O) groups is 2. The number of nitrogens with two attached hydrogens (primary N) is 1. The summed E-state index contributed by atoms with van der Waals surface area (Å²) in [7, 11) is 0. The van der Waals surface area contributed by atoms with Crippen LogP contribution in [0.2, 0.25) is 0 Å². The molecule has 0 atom stereocenters. The minimum absolute atomic E-state index is 0.109. The van der Waals surface area contributed by atoms with Crippen LogP contribution < -0.4 is 11.3 Å². The maximum absolute atomic E-state index is 15.2. The molecule has 0 radical (unpaired) electrons. The second-order valence-electron chi connectivity index (χ2n) is 9.66. The van der Waals surface area contributed by atoms with Gasteiger partial charge in [-0.05, 0) is 41.3 Å². The molecule has 0 aliphatic carbocycles. The Morgan fingerprint density at radius 2 is 1.78 bits per heavy atom. The van der Waals surface area contributed by atoms with Crippen molar-refractivity contribution in [2.45, 2.75) is 26.2 Å². The molecular formula is C28H23FN4O3. The first-order valence-electron chi connectivity index (χ1n) is 11.3. The number of aromatic nitrogens is 3. The third kappa shape index (κ3) is 3.58. The Hall–Kier alpha value is -4.59. The topological polar surface area (TPSA) is 100.0 Å². The van der Waals surface area contributed by atoms with Gasteiger partial charge in [0.2, 0.25) is 0 Å². The van der Waals surface area contributed by atoms with Crippen LogP contribution in [0.4, 0.5) is 4.39 Å². The van der Waals surface area contributed by atoms with Crippen molar-refractivity contribution in [3.05, 3.63) is 99.9 Å². The first-order valence-corrected chi connectivity index (χ1v) is 11.3. The lowest BCUT2D eigenvalue weighted by molar-refractivity contribution is 0.100. The van der Waals surface area contributed by atoms with Gasteiger partial charge in [0.1, 0.15) is 5.82 Å². The van der Waals surface area contributed by atoms with Crippen LogP contribution in [0.15, 0.2) is 71.8 Å². The predicted molar refractivity (Wildman–Crippen MR) is 137 cm³/mol. The van der Waals surface area contributed by atoms with Gasteiger partial charge >= 0.3 is 0 Å². The summed E-state index contributed by atoms with van der Waals surface area (Å²) in [5.74, 6) is -1.25. The minimum Gasteiger partial charge on any atom is -0.366 e. The van der Waals surface area contributed by atoms with Gasteiger partial charge in [-0.1, -0.05) is 45.0 Å². The molecule has 0 saturated carbocycles. The number of rotatable bonds is 4. The number of amides is 1. The van der Waals surface area contributed by atoms with E-state index < -0.39 is 17.3 Å². The highest BCUT2D eigenvalue weighted by Gasteiger charge is 2.21. The Labute approximate surface area is 205 Å². The molecule has 5 aromatic rings. The van der Waals surface area contributed by atoms with Crippen LogP contribution in [0.5, 0.6) is 0 Å². The van der Waals surface area contributed by atoms with Gasteiger partial charge in [0.15, 0.2) is 6.29 Å². The fourth-order valence-corrected chi connectivity index (χ4v) is 4.47. The Kier molecular flexibility index (Phi) is 5.32. The van der Waals surface area contributed by atoms with Crippen LogP contribution in [0.25, 0.3) is 33.1 Å². The summed E-state index contributed by atoms with van der Waals surface area (Å²) in [5.41, 5.74) is 7.03. The number of hydrogen-bond acceptors (Lipinski definition) is 4. The molecule has 180 valence electrons. The zero-order valence-corrected chi connectivity index (χ0v) is 19.9. The van der Waals surface area contributed by atoms with Crippen molar-refractivity contribution in [3.63, 3.8) is 0 Å². The van der Waals surface area contributed by atoms with Gasteiger partial charge in [0.05, 0.1) is 39.6 Å². The lowest BCUT2D eigenvalue weighted by Crippen LogP contribution is -2.24. The molecule has 1 amide bonds. The van der Waals surface area contributed by atoms with E-state index in [1.165, 1.54) is 12.3 Å². The third-order valence-corrected chi connectivity index (χ3v) is 6.35. The van der Waals surface area contributed by atoms with Crippen LogP contribution in [0.3, 0.4) is 0 Å². The summed E-state index contributed by atoms with van der Waals surface area (Å²) in [6.45, 7) is 5.87. The van der Waals surface area contributed by atoms with E-state index in [0.717, 1.165) is 10.2 Å². The largest absolute Gasteiger partial charge is 0.366 e. The van der Waals surface area contributed by atoms with Crippen molar-refractivity contribution in [1.29, 1.82) is 0 Å². The average Bonchev–Trinajstić information content (AvgIpc) is 3.23. The normalized spacial score (nSPS) is 11.8. The van der Waals surface area contributed by atoms with E-state index in [4.69, 9.17) is 5.73 Å². The molecule has 0 fully saturated rings. The van der Waals surface area contributed by atoms with Crippen molar-refractivity contribution in [3.8, 4) is 11.4 Å². The summed E-state index contributed by atoms with van der Waals surface area (Å²) in [6, 6.07) is 15.2. The fourth-order valence-electron chi connectivity index (χ4n) is 4.47. The van der Waals surface area contributed by atoms with Gasteiger partial charge < -0.3 is 10.3 Å². The Bertz CT molecular complexity index is 1760. The standard InChI is InChI=1S/C28H23FN4O3/c1-28(2,3)17-11-16-13-31-33(27(36)25(16)21(29)12-17)24-10-6-9-23(20(24)15-34)32-14-19(26(30)35)18-7-4-5-8-22(18)32/h4-15H,1-3H3,(H2,30,35). The zero-order valence-electron chi connectivity index (χ0n) is 19.9. The molecule has 36 heavy (non-hydrogen) atoms. The molecule has 7 nitrogen and oxygen atoms in total. The zero-order chi connectivity index (χ0) is 25.8. The van der Waals surface area contributed by atoms with E-state index in [0.29, 0.717) is 33.8 Å². The lowest BCUT2D eigenvalue weighted by Gasteiger charge is -2.20. The summed E-state index contributed by atoms with van der Waals surface area (Å²) in [5, 5.41) is 5.18. The minimum atomic E-state index is -0.680. The maximum atomic E-state index is 15.2. The highest BCUT2D eigenvalue weighted by molar-refractivity contribution is 6.07. The number of benzene rings is 3. The SMILES string of the molecule is CC(C)(C)c1cc(F)c2c(=O)n(-c3cccc(-n4cc(C(N)=O)c5ccccc54)c3C=O)ncc2c1. The van der Waals surface area contributed by atoms with E-state index in [-0.39, 0.29) is 22.1 Å². The molecule has 2 aromatic heterocycles. The summed E-state index contributed by atoms with van der Waals surface area (Å²) in [4.78, 5) is 37.8. The maximum Gasteiger partial charge on any atom is 0.282 e. The molecule has 0 unspecified atom stereocenters. The Balaban J connectivity index is 1.77. The quantitative estimate of drug-likeness (QED) is 0.376. The van der Waals surface area contributed by atoms with E-state index in [9.17, 15) is 14.4 Å². The predicted octanol–water partition coefficient (Wildman–Crippen LogP) is 4.68. The van der Waals surface area contributed by atoms with Gasteiger partial charge in [0, 0.05) is 17.0 Å². The number of fused-ring (bicyclic) bond motifs is 2. The molecule has 2 N–H and O–H groups in total. The number of para-hydroxylation sites is 1. The first kappa shape index (κ1) is 23.2. The second-order valence-corrected chi connectivity index (χ2v) is 9.66. The van der Waals surface area contributed by atoms with Crippen molar-refractivity contribution >= 4 is 33.9 Å². The number of aldehydes is 1. The van der Waals surface area contributed by atoms with Gasteiger partial charge in [-0.25, -0.2) is 4.39 Å². The number of halogens is 1. The molecular weight excluding hydrogens is 459 g/mol. The number of carbonyl (C=O) groups excluding carboxylic acids is 2. The van der Waals surface area contributed by atoms with Crippen LogP contribution >= 0.6 is 0 Å². The van der Waals surface area contributed by atoms with Gasteiger partial charge in [0.25, 0.3) is 11.5 Å². The average molecular weight is 483 g/mol. The van der Waals surface area contributed by atoms with E-state index >= 15 is 4.39 Å². The van der Waals surface area contributed by atoms with Crippen LogP contribution in [0, 0.1) is 5.82 Å². The molecule has 5 rings (SSSR count). The summed E-state index contributed by atoms with van der Waals surface area (Å²) < 4.78 is 17.9. The summed E-state index contributed by atoms with van der Waals surface area (Å²) in [6.07, 6.45) is 3.59. The smallest absolute Gasteiger partial charge is 0.282 e. The van der Waals surface area contributed by atoms with Gasteiger partial charge in [-0.2, -0.15) is 9.78 Å². The number of hydrogen-bond donors (Lipinski definition) is 1. The van der Waals surface area contributed by atoms with E-state index in [2.05, 4.69) is 5.10 Å². The van der Waals surface area contributed by atoms with Crippen molar-refractivity contribution in [2.24, 2.45) is 5.73 Å². The van der Waals surface area contributed by atoms with Gasteiger partial charge in [-0.3, -0.25) is 14.4 Å². The van der Waals surface area contributed by atoms with E-state index in [1.54, 1.807) is 59.3 Å². The number of nitrogens with zero attached hydrogens (tertiary/aromatic N) is 3. The van der Waals surface area contributed by atoms with Crippen LogP contribution in [-0.4, -0.2) is 26.5 Å². The fraction of sp³-hybridized carbons (Fsp3) is 0.143. The highest BCUT2D eigenvalue weighted by atomic mass is 19.1. The highest BCUT2D eigenvalue weighted by Crippen LogP contribution is 2.29. The van der Waals surface area contributed by atoms with Gasteiger partial charge in [-0.15, -0.1) is 0 Å². The second kappa shape index (κ2) is 8.27. The number of primary amides is 1.